The third-order valence-corrected chi connectivity index (χ3v) is 3.65. The average molecular weight is 305 g/mol. The van der Waals surface area contributed by atoms with E-state index in [2.05, 4.69) is 5.32 Å². The van der Waals surface area contributed by atoms with Gasteiger partial charge in [-0.15, -0.1) is 0 Å². The molecule has 2 rings (SSSR count). The van der Waals surface area contributed by atoms with Crippen LogP contribution >= 0.6 is 0 Å². The molecule has 1 aromatic carbocycles. The molecule has 0 spiro atoms. The summed E-state index contributed by atoms with van der Waals surface area (Å²) >= 11 is 0. The first-order valence-electron chi connectivity index (χ1n) is 7.74. The maximum absolute atomic E-state index is 12.0. The molecule has 120 valence electrons. The number of rotatable bonds is 6. The van der Waals surface area contributed by atoms with Gasteiger partial charge < -0.3 is 14.8 Å². The molecule has 1 N–H and O–H groups in total. The van der Waals surface area contributed by atoms with Gasteiger partial charge in [-0.3, -0.25) is 9.59 Å². The number of benzene rings is 1. The zero-order valence-electron chi connectivity index (χ0n) is 12.9. The molecule has 1 heterocycles. The number of ether oxygens (including phenoxy) is 2. The summed E-state index contributed by atoms with van der Waals surface area (Å²) in [6.45, 7) is 2.47. The Morgan fingerprint density at radius 2 is 2.09 bits per heavy atom. The Kier molecular flexibility index (Phi) is 6.40. The maximum atomic E-state index is 12.0. The van der Waals surface area contributed by atoms with Crippen LogP contribution in [0, 0.1) is 0 Å². The normalized spacial score (nSPS) is 19.2. The molecule has 22 heavy (non-hydrogen) atoms. The zero-order valence-corrected chi connectivity index (χ0v) is 12.9. The Balaban J connectivity index is 1.86. The molecule has 2 unspecified atom stereocenters. The van der Waals surface area contributed by atoms with E-state index < -0.39 is 0 Å². The van der Waals surface area contributed by atoms with Crippen molar-refractivity contribution >= 4 is 11.9 Å². The van der Waals surface area contributed by atoms with E-state index >= 15 is 0 Å². The highest BCUT2D eigenvalue weighted by Gasteiger charge is 2.20. The zero-order chi connectivity index (χ0) is 15.8. The highest BCUT2D eigenvalue weighted by molar-refractivity contribution is 5.76. The van der Waals surface area contributed by atoms with Gasteiger partial charge in [0.15, 0.2) is 0 Å². The highest BCUT2D eigenvalue weighted by atomic mass is 16.6. The second kappa shape index (κ2) is 8.54. The van der Waals surface area contributed by atoms with Gasteiger partial charge in [0.25, 0.3) is 0 Å². The number of nitrogens with one attached hydrogen (secondary N) is 1. The first-order valence-corrected chi connectivity index (χ1v) is 7.74. The summed E-state index contributed by atoms with van der Waals surface area (Å²) in [7, 11) is 0. The molecule has 0 radical (unpaired) electrons. The third-order valence-electron chi connectivity index (χ3n) is 3.65. The minimum absolute atomic E-state index is 0.00800. The molecule has 2 atom stereocenters. The molecule has 1 saturated heterocycles. The number of carbonyl (C=O) groups excluding carboxylic acids is 2. The molecular weight excluding hydrogens is 282 g/mol. The molecule has 0 bridgehead atoms. The maximum Gasteiger partial charge on any atom is 0.308 e. The van der Waals surface area contributed by atoms with E-state index in [0.29, 0.717) is 6.61 Å². The largest absolute Gasteiger partial charge is 0.463 e. The van der Waals surface area contributed by atoms with Gasteiger partial charge in [-0.1, -0.05) is 30.3 Å². The van der Waals surface area contributed by atoms with E-state index in [-0.39, 0.29) is 30.4 Å². The van der Waals surface area contributed by atoms with Crippen LogP contribution in [0.1, 0.15) is 44.2 Å². The van der Waals surface area contributed by atoms with Crippen LogP contribution in [-0.2, 0) is 19.1 Å². The van der Waals surface area contributed by atoms with Crippen molar-refractivity contribution in [3.63, 3.8) is 0 Å². The SMILES string of the molecule is CC(=O)NC(CC(=O)OCC1CCCCO1)c1ccccc1. The van der Waals surface area contributed by atoms with Gasteiger partial charge in [-0.2, -0.15) is 0 Å². The van der Waals surface area contributed by atoms with Gasteiger partial charge in [0.1, 0.15) is 6.61 Å². The number of carbonyl (C=O) groups is 2. The lowest BCUT2D eigenvalue weighted by molar-refractivity contribution is -0.149. The van der Waals surface area contributed by atoms with Crippen LogP contribution in [0.15, 0.2) is 30.3 Å². The lowest BCUT2D eigenvalue weighted by Gasteiger charge is -2.23. The van der Waals surface area contributed by atoms with E-state index in [0.717, 1.165) is 31.4 Å². The molecule has 1 aromatic rings. The average Bonchev–Trinajstić information content (AvgIpc) is 2.54. The van der Waals surface area contributed by atoms with Gasteiger partial charge in [-0.25, -0.2) is 0 Å². The van der Waals surface area contributed by atoms with Crippen molar-refractivity contribution in [1.82, 2.24) is 5.32 Å². The van der Waals surface area contributed by atoms with Crippen LogP contribution in [0.5, 0.6) is 0 Å². The topological polar surface area (TPSA) is 64.6 Å². The fourth-order valence-corrected chi connectivity index (χ4v) is 2.53. The van der Waals surface area contributed by atoms with E-state index in [1.807, 2.05) is 30.3 Å². The number of hydrogen-bond acceptors (Lipinski definition) is 4. The monoisotopic (exact) mass is 305 g/mol. The van der Waals surface area contributed by atoms with Gasteiger partial charge in [-0.05, 0) is 24.8 Å². The van der Waals surface area contributed by atoms with Crippen molar-refractivity contribution in [2.24, 2.45) is 0 Å². The van der Waals surface area contributed by atoms with E-state index in [1.165, 1.54) is 6.92 Å². The van der Waals surface area contributed by atoms with Crippen LogP contribution in [0.3, 0.4) is 0 Å². The van der Waals surface area contributed by atoms with Gasteiger partial charge >= 0.3 is 5.97 Å². The summed E-state index contributed by atoms with van der Waals surface area (Å²) in [5, 5.41) is 2.79. The van der Waals surface area contributed by atoms with E-state index in [4.69, 9.17) is 9.47 Å². The summed E-state index contributed by atoms with van der Waals surface area (Å²) in [4.78, 5) is 23.4. The minimum atomic E-state index is -0.363. The lowest BCUT2D eigenvalue weighted by atomic mass is 10.0. The van der Waals surface area contributed by atoms with Gasteiger partial charge in [0.05, 0.1) is 18.6 Å². The Morgan fingerprint density at radius 3 is 2.73 bits per heavy atom. The Morgan fingerprint density at radius 1 is 1.32 bits per heavy atom. The molecular formula is C17H23NO4. The molecule has 5 nitrogen and oxygen atoms in total. The molecule has 1 amide bonds. The molecule has 0 aromatic heterocycles. The molecule has 0 aliphatic carbocycles. The van der Waals surface area contributed by atoms with Crippen LogP contribution in [-0.4, -0.2) is 31.2 Å². The Labute approximate surface area is 131 Å². The van der Waals surface area contributed by atoms with Gasteiger partial charge in [0, 0.05) is 13.5 Å². The summed E-state index contributed by atoms with van der Waals surface area (Å²) in [5.74, 6) is -0.492. The molecule has 5 heteroatoms. The number of hydrogen-bond donors (Lipinski definition) is 1. The lowest BCUT2D eigenvalue weighted by Crippen LogP contribution is -2.30. The smallest absolute Gasteiger partial charge is 0.308 e. The quantitative estimate of drug-likeness (QED) is 0.820. The standard InChI is InChI=1S/C17H23NO4/c1-13(19)18-16(14-7-3-2-4-8-14)11-17(20)22-12-15-9-5-6-10-21-15/h2-4,7-8,15-16H,5-6,9-12H2,1H3,(H,18,19). The Hall–Kier alpha value is -1.88. The highest BCUT2D eigenvalue weighted by Crippen LogP contribution is 2.18. The van der Waals surface area contributed by atoms with Crippen molar-refractivity contribution in [2.75, 3.05) is 13.2 Å². The second-order valence-corrected chi connectivity index (χ2v) is 5.54. The van der Waals surface area contributed by atoms with Crippen LogP contribution in [0.4, 0.5) is 0 Å². The number of esters is 1. The molecule has 1 aliphatic heterocycles. The molecule has 0 saturated carbocycles. The van der Waals surface area contributed by atoms with Crippen LogP contribution < -0.4 is 5.32 Å². The fraction of sp³-hybridized carbons (Fsp3) is 0.529. The first kappa shape index (κ1) is 16.5. The Bertz CT molecular complexity index is 483. The van der Waals surface area contributed by atoms with Crippen molar-refractivity contribution in [1.29, 1.82) is 0 Å². The van der Waals surface area contributed by atoms with E-state index in [9.17, 15) is 9.59 Å². The van der Waals surface area contributed by atoms with Crippen LogP contribution in [0.25, 0.3) is 0 Å². The molecule has 1 fully saturated rings. The summed E-state index contributed by atoms with van der Waals surface area (Å²) < 4.78 is 10.8. The first-order chi connectivity index (χ1) is 10.6. The summed E-state index contributed by atoms with van der Waals surface area (Å²) in [5.41, 5.74) is 0.892. The van der Waals surface area contributed by atoms with Crippen molar-refractivity contribution in [3.05, 3.63) is 35.9 Å². The van der Waals surface area contributed by atoms with Crippen LogP contribution in [0.2, 0.25) is 0 Å². The van der Waals surface area contributed by atoms with Crippen molar-refractivity contribution in [2.45, 2.75) is 44.8 Å². The summed E-state index contributed by atoms with van der Waals surface area (Å²) in [6.07, 6.45) is 3.25. The van der Waals surface area contributed by atoms with Gasteiger partial charge in [0.2, 0.25) is 5.91 Å². The summed E-state index contributed by atoms with van der Waals surface area (Å²) in [6, 6.07) is 9.07. The predicted molar refractivity (Wildman–Crippen MR) is 82.2 cm³/mol. The second-order valence-electron chi connectivity index (χ2n) is 5.54. The molecule has 1 aliphatic rings. The predicted octanol–water partition coefficient (Wildman–Crippen LogP) is 2.37. The minimum Gasteiger partial charge on any atom is -0.463 e. The van der Waals surface area contributed by atoms with E-state index in [1.54, 1.807) is 0 Å². The number of amides is 1. The fourth-order valence-electron chi connectivity index (χ4n) is 2.53. The third kappa shape index (κ3) is 5.48. The van der Waals surface area contributed by atoms with Crippen molar-refractivity contribution in [3.8, 4) is 0 Å². The van der Waals surface area contributed by atoms with Crippen molar-refractivity contribution < 1.29 is 19.1 Å².